The van der Waals surface area contributed by atoms with E-state index in [1.807, 2.05) is 23.6 Å². The van der Waals surface area contributed by atoms with E-state index >= 15 is 0 Å². The molecule has 2 aromatic heterocycles. The fraction of sp³-hybridized carbons (Fsp3) is 0.143. The average Bonchev–Trinajstić information content (AvgIpc) is 3.27. The molecule has 6 heteroatoms. The number of rotatable bonds is 4. The molecule has 0 saturated carbocycles. The summed E-state index contributed by atoms with van der Waals surface area (Å²) in [4.78, 5) is 17.7. The summed E-state index contributed by atoms with van der Waals surface area (Å²) in [5.74, 6) is -0.553. The third-order valence-corrected chi connectivity index (χ3v) is 6.51. The Kier molecular flexibility index (Phi) is 4.76. The molecule has 4 rings (SSSR count). The predicted molar refractivity (Wildman–Crippen MR) is 111 cm³/mol. The van der Waals surface area contributed by atoms with Crippen LogP contribution in [0.2, 0.25) is 0 Å². The number of amides is 1. The van der Waals surface area contributed by atoms with Crippen molar-refractivity contribution >= 4 is 43.8 Å². The van der Waals surface area contributed by atoms with Crippen LogP contribution >= 0.6 is 22.7 Å². The Morgan fingerprint density at radius 2 is 1.96 bits per heavy atom. The van der Waals surface area contributed by atoms with Gasteiger partial charge in [0.15, 0.2) is 5.13 Å². The molecule has 2 heterocycles. The van der Waals surface area contributed by atoms with Gasteiger partial charge in [0.05, 0.1) is 10.6 Å². The zero-order valence-corrected chi connectivity index (χ0v) is 16.5. The molecule has 136 valence electrons. The summed E-state index contributed by atoms with van der Waals surface area (Å²) in [6, 6.07) is 13.2. The summed E-state index contributed by atoms with van der Waals surface area (Å²) < 4.78 is 14.8. The van der Waals surface area contributed by atoms with Gasteiger partial charge >= 0.3 is 0 Å². The second-order valence-electron chi connectivity index (χ2n) is 6.21. The lowest BCUT2D eigenvalue weighted by molar-refractivity contribution is 0.103. The molecule has 4 aromatic rings. The molecule has 0 spiro atoms. The van der Waals surface area contributed by atoms with Crippen molar-refractivity contribution in [2.24, 2.45) is 0 Å². The Hall–Kier alpha value is -2.57. The van der Waals surface area contributed by atoms with Crippen LogP contribution in [0.15, 0.2) is 47.8 Å². The molecule has 0 radical (unpaired) electrons. The number of hydrogen-bond donors (Lipinski definition) is 1. The van der Waals surface area contributed by atoms with Crippen molar-refractivity contribution < 1.29 is 9.18 Å². The third kappa shape index (κ3) is 3.38. The number of hydrogen-bond acceptors (Lipinski definition) is 4. The van der Waals surface area contributed by atoms with Crippen LogP contribution in [0, 0.1) is 12.7 Å². The van der Waals surface area contributed by atoms with Crippen molar-refractivity contribution in [3.8, 4) is 11.3 Å². The van der Waals surface area contributed by atoms with E-state index in [9.17, 15) is 9.18 Å². The second-order valence-corrected chi connectivity index (χ2v) is 8.12. The number of fused-ring (bicyclic) bond motifs is 1. The monoisotopic (exact) mass is 396 g/mol. The Balaban J connectivity index is 1.58. The highest BCUT2D eigenvalue weighted by molar-refractivity contribution is 7.21. The second kappa shape index (κ2) is 7.21. The minimum atomic E-state index is -0.299. The number of aryl methyl sites for hydroxylation is 2. The molecule has 27 heavy (non-hydrogen) atoms. The zero-order valence-electron chi connectivity index (χ0n) is 14.9. The molecule has 3 nitrogen and oxygen atoms in total. The van der Waals surface area contributed by atoms with Crippen LogP contribution < -0.4 is 5.32 Å². The van der Waals surface area contributed by atoms with Crippen LogP contribution in [0.3, 0.4) is 0 Å². The molecular formula is C21H17FN2OS2. The lowest BCUT2D eigenvalue weighted by Gasteiger charge is -2.01. The molecule has 0 saturated heterocycles. The maximum absolute atomic E-state index is 14.1. The summed E-state index contributed by atoms with van der Waals surface area (Å²) in [5, 5.41) is 5.82. The summed E-state index contributed by atoms with van der Waals surface area (Å²) in [5.41, 5.74) is 3.79. The van der Waals surface area contributed by atoms with E-state index in [-0.39, 0.29) is 11.7 Å². The van der Waals surface area contributed by atoms with Crippen LogP contribution in [-0.2, 0) is 6.42 Å². The highest BCUT2D eigenvalue weighted by atomic mass is 32.1. The Bertz CT molecular complexity index is 1130. The lowest BCUT2D eigenvalue weighted by atomic mass is 10.1. The van der Waals surface area contributed by atoms with E-state index in [2.05, 4.69) is 29.4 Å². The Morgan fingerprint density at radius 1 is 1.19 bits per heavy atom. The van der Waals surface area contributed by atoms with Gasteiger partial charge in [-0.3, -0.25) is 10.1 Å². The highest BCUT2D eigenvalue weighted by Crippen LogP contribution is 2.33. The van der Waals surface area contributed by atoms with Crippen molar-refractivity contribution in [2.75, 3.05) is 5.32 Å². The number of nitrogens with zero attached hydrogens (tertiary/aromatic N) is 1. The fourth-order valence-electron chi connectivity index (χ4n) is 3.00. The summed E-state index contributed by atoms with van der Waals surface area (Å²) in [6.07, 6.45) is 0.994. The molecule has 2 aromatic carbocycles. The number of carbonyl (C=O) groups excluding carboxylic acids is 1. The van der Waals surface area contributed by atoms with Crippen LogP contribution in [0.5, 0.6) is 0 Å². The number of aromatic nitrogens is 1. The summed E-state index contributed by atoms with van der Waals surface area (Å²) >= 11 is 2.68. The van der Waals surface area contributed by atoms with Crippen LogP contribution in [0.1, 0.15) is 27.7 Å². The molecular weight excluding hydrogens is 379 g/mol. The number of halogens is 1. The third-order valence-electron chi connectivity index (χ3n) is 4.49. The minimum Gasteiger partial charge on any atom is -0.297 e. The standard InChI is InChI=1S/C21H17FN2OS2/c1-3-13-7-9-14(10-8-13)16-11-26-21(23-16)24-20(25)19-12(2)18-15(22)5-4-6-17(18)27-19/h4-11H,3H2,1-2H3,(H,23,24,25). The van der Waals surface area contributed by atoms with E-state index in [1.165, 1.54) is 34.3 Å². The van der Waals surface area contributed by atoms with Crippen LogP contribution in [0.25, 0.3) is 21.3 Å². The van der Waals surface area contributed by atoms with Gasteiger partial charge in [0.2, 0.25) is 0 Å². The first-order valence-electron chi connectivity index (χ1n) is 8.60. The van der Waals surface area contributed by atoms with Gasteiger partial charge in [-0.25, -0.2) is 9.37 Å². The first kappa shape index (κ1) is 17.8. The van der Waals surface area contributed by atoms with Crippen LogP contribution in [0.4, 0.5) is 9.52 Å². The normalized spacial score (nSPS) is 11.1. The molecule has 0 fully saturated rings. The van der Waals surface area contributed by atoms with Crippen molar-refractivity contribution in [2.45, 2.75) is 20.3 Å². The number of anilines is 1. The Labute approximate surface area is 164 Å². The molecule has 0 atom stereocenters. The average molecular weight is 397 g/mol. The molecule has 0 bridgehead atoms. The van der Waals surface area contributed by atoms with Gasteiger partial charge in [-0.15, -0.1) is 22.7 Å². The van der Waals surface area contributed by atoms with Gasteiger partial charge in [-0.05, 0) is 36.6 Å². The van der Waals surface area contributed by atoms with Gasteiger partial charge in [-0.2, -0.15) is 0 Å². The highest BCUT2D eigenvalue weighted by Gasteiger charge is 2.19. The largest absolute Gasteiger partial charge is 0.297 e. The summed E-state index contributed by atoms with van der Waals surface area (Å²) in [6.45, 7) is 3.90. The van der Waals surface area contributed by atoms with E-state index in [0.29, 0.717) is 21.0 Å². The quantitative estimate of drug-likeness (QED) is 0.441. The molecule has 0 aliphatic heterocycles. The lowest BCUT2D eigenvalue weighted by Crippen LogP contribution is -2.11. The van der Waals surface area contributed by atoms with Crippen LogP contribution in [-0.4, -0.2) is 10.9 Å². The molecule has 1 N–H and O–H groups in total. The number of thiophene rings is 1. The van der Waals surface area contributed by atoms with Gasteiger partial charge in [0.25, 0.3) is 5.91 Å². The zero-order chi connectivity index (χ0) is 19.0. The summed E-state index contributed by atoms with van der Waals surface area (Å²) in [7, 11) is 0. The smallest absolute Gasteiger partial charge is 0.267 e. The number of carbonyl (C=O) groups is 1. The first-order valence-corrected chi connectivity index (χ1v) is 10.3. The van der Waals surface area contributed by atoms with Gasteiger partial charge < -0.3 is 0 Å². The predicted octanol–water partition coefficient (Wildman–Crippen LogP) is 6.29. The number of nitrogens with one attached hydrogen (secondary N) is 1. The van der Waals surface area contributed by atoms with Gasteiger partial charge in [0, 0.05) is 21.0 Å². The minimum absolute atomic E-state index is 0.254. The molecule has 0 unspecified atom stereocenters. The maximum atomic E-state index is 14.1. The molecule has 0 aliphatic rings. The van der Waals surface area contributed by atoms with Crippen molar-refractivity contribution in [1.82, 2.24) is 4.98 Å². The fourth-order valence-corrected chi connectivity index (χ4v) is 4.83. The Morgan fingerprint density at radius 3 is 2.67 bits per heavy atom. The first-order chi connectivity index (χ1) is 13.1. The van der Waals surface area contributed by atoms with Gasteiger partial charge in [0.1, 0.15) is 5.82 Å². The number of benzene rings is 2. The van der Waals surface area contributed by atoms with Crippen molar-refractivity contribution in [3.05, 3.63) is 69.7 Å². The van der Waals surface area contributed by atoms with Crippen molar-refractivity contribution in [3.63, 3.8) is 0 Å². The number of thiazole rings is 1. The topological polar surface area (TPSA) is 42.0 Å². The van der Waals surface area contributed by atoms with E-state index in [0.717, 1.165) is 22.4 Å². The van der Waals surface area contributed by atoms with E-state index in [1.54, 1.807) is 13.0 Å². The van der Waals surface area contributed by atoms with E-state index < -0.39 is 0 Å². The SMILES string of the molecule is CCc1ccc(-c2csc(NC(=O)c3sc4cccc(F)c4c3C)n2)cc1. The molecule has 1 amide bonds. The van der Waals surface area contributed by atoms with Crippen molar-refractivity contribution in [1.29, 1.82) is 0 Å². The maximum Gasteiger partial charge on any atom is 0.267 e. The molecule has 0 aliphatic carbocycles. The van der Waals surface area contributed by atoms with E-state index in [4.69, 9.17) is 0 Å². The van der Waals surface area contributed by atoms with Gasteiger partial charge in [-0.1, -0.05) is 37.3 Å².